The molecular weight excluding hydrogens is 386 g/mol. The Morgan fingerprint density at radius 3 is 2.76 bits per heavy atom. The highest BCUT2D eigenvalue weighted by molar-refractivity contribution is 7.99. The summed E-state index contributed by atoms with van der Waals surface area (Å²) in [6.45, 7) is 4.49. The average molecular weight is 408 g/mol. The van der Waals surface area contributed by atoms with Gasteiger partial charge in [0.1, 0.15) is 12.1 Å². The van der Waals surface area contributed by atoms with Crippen molar-refractivity contribution in [3.63, 3.8) is 0 Å². The molecule has 8 nitrogen and oxygen atoms in total. The molecular formula is C20H21N7OS. The highest BCUT2D eigenvalue weighted by atomic mass is 32.2. The zero-order chi connectivity index (χ0) is 20.4. The van der Waals surface area contributed by atoms with Crippen LogP contribution in [0.25, 0.3) is 11.0 Å². The third-order valence-electron chi connectivity index (χ3n) is 4.85. The van der Waals surface area contributed by atoms with Gasteiger partial charge in [0.15, 0.2) is 11.0 Å². The van der Waals surface area contributed by atoms with Gasteiger partial charge in [-0.1, -0.05) is 41.2 Å². The fourth-order valence-electron chi connectivity index (χ4n) is 2.98. The van der Waals surface area contributed by atoms with Crippen LogP contribution in [-0.2, 0) is 18.4 Å². The standard InChI is InChI=1S/C20H21N7OS/c1-13-7-6-9-15(14(13)2)21-19(28)12-29-20-24-23-18(26(20)3)11-27-17-10-5-4-8-16(17)22-25-27/h4-10H,11-12H2,1-3H3,(H,21,28). The Bertz CT molecular complexity index is 1180. The molecule has 9 heteroatoms. The zero-order valence-electron chi connectivity index (χ0n) is 16.5. The number of carbonyl (C=O) groups is 1. The van der Waals surface area contributed by atoms with Gasteiger partial charge in [-0.25, -0.2) is 4.68 Å². The first-order valence-corrected chi connectivity index (χ1v) is 10.2. The molecule has 0 unspecified atom stereocenters. The first-order valence-electron chi connectivity index (χ1n) is 9.18. The van der Waals surface area contributed by atoms with Crippen molar-refractivity contribution >= 4 is 34.4 Å². The van der Waals surface area contributed by atoms with Crippen LogP contribution in [0.1, 0.15) is 17.0 Å². The lowest BCUT2D eigenvalue weighted by Gasteiger charge is -2.10. The smallest absolute Gasteiger partial charge is 0.234 e. The van der Waals surface area contributed by atoms with Gasteiger partial charge in [-0.05, 0) is 43.2 Å². The third kappa shape index (κ3) is 4.00. The van der Waals surface area contributed by atoms with E-state index in [0.29, 0.717) is 11.7 Å². The van der Waals surface area contributed by atoms with Gasteiger partial charge in [0.25, 0.3) is 0 Å². The number of thioether (sulfide) groups is 1. The highest BCUT2D eigenvalue weighted by Crippen LogP contribution is 2.20. The molecule has 0 fully saturated rings. The SMILES string of the molecule is Cc1cccc(NC(=O)CSc2nnc(Cn3nnc4ccccc43)n2C)c1C. The number of carbonyl (C=O) groups excluding carboxylic acids is 1. The van der Waals surface area contributed by atoms with Gasteiger partial charge < -0.3 is 9.88 Å². The minimum Gasteiger partial charge on any atom is -0.325 e. The first kappa shape index (κ1) is 19.1. The summed E-state index contributed by atoms with van der Waals surface area (Å²) in [5.41, 5.74) is 4.85. The van der Waals surface area contributed by atoms with E-state index >= 15 is 0 Å². The molecule has 0 aliphatic carbocycles. The lowest BCUT2D eigenvalue weighted by Crippen LogP contribution is -2.15. The quantitative estimate of drug-likeness (QED) is 0.494. The van der Waals surface area contributed by atoms with Gasteiger partial charge in [-0.2, -0.15) is 0 Å². The monoisotopic (exact) mass is 407 g/mol. The molecule has 148 valence electrons. The number of hydrogen-bond donors (Lipinski definition) is 1. The van der Waals surface area contributed by atoms with Gasteiger partial charge >= 0.3 is 0 Å². The van der Waals surface area contributed by atoms with Gasteiger partial charge in [-0.3, -0.25) is 4.79 Å². The Hall–Kier alpha value is -3.20. The van der Waals surface area contributed by atoms with Crippen LogP contribution < -0.4 is 5.32 Å². The van der Waals surface area contributed by atoms with Crippen molar-refractivity contribution in [2.75, 3.05) is 11.1 Å². The summed E-state index contributed by atoms with van der Waals surface area (Å²) in [4.78, 5) is 12.4. The fraction of sp³-hybridized carbons (Fsp3) is 0.250. The zero-order valence-corrected chi connectivity index (χ0v) is 17.3. The molecule has 0 atom stereocenters. The predicted octanol–water partition coefficient (Wildman–Crippen LogP) is 2.96. The molecule has 1 amide bonds. The number of amides is 1. The Kier molecular flexibility index (Phi) is 5.30. The molecule has 29 heavy (non-hydrogen) atoms. The van der Waals surface area contributed by atoms with Crippen LogP contribution in [0.15, 0.2) is 47.6 Å². The van der Waals surface area contributed by atoms with E-state index in [1.165, 1.54) is 11.8 Å². The number of hydrogen-bond acceptors (Lipinski definition) is 6. The lowest BCUT2D eigenvalue weighted by molar-refractivity contribution is -0.113. The maximum atomic E-state index is 12.4. The Labute approximate surface area is 172 Å². The van der Waals surface area contributed by atoms with Crippen molar-refractivity contribution in [1.29, 1.82) is 0 Å². The number of para-hydroxylation sites is 1. The van der Waals surface area contributed by atoms with E-state index in [9.17, 15) is 4.79 Å². The Balaban J connectivity index is 1.41. The number of fused-ring (bicyclic) bond motifs is 1. The Morgan fingerprint density at radius 2 is 1.90 bits per heavy atom. The second-order valence-corrected chi connectivity index (χ2v) is 7.72. The first-order chi connectivity index (χ1) is 14.0. The van der Waals surface area contributed by atoms with E-state index in [0.717, 1.165) is 33.7 Å². The van der Waals surface area contributed by atoms with Gasteiger partial charge in [0, 0.05) is 12.7 Å². The van der Waals surface area contributed by atoms with Crippen molar-refractivity contribution in [3.05, 3.63) is 59.4 Å². The van der Waals surface area contributed by atoms with Crippen LogP contribution in [0.3, 0.4) is 0 Å². The summed E-state index contributed by atoms with van der Waals surface area (Å²) in [6.07, 6.45) is 0. The molecule has 4 rings (SSSR count). The second-order valence-electron chi connectivity index (χ2n) is 6.78. The van der Waals surface area contributed by atoms with E-state index in [1.807, 2.05) is 67.9 Å². The number of nitrogens with zero attached hydrogens (tertiary/aromatic N) is 6. The molecule has 0 radical (unpaired) electrons. The van der Waals surface area contributed by atoms with Crippen molar-refractivity contribution < 1.29 is 4.79 Å². The minimum absolute atomic E-state index is 0.0736. The molecule has 0 saturated carbocycles. The molecule has 0 saturated heterocycles. The molecule has 0 bridgehead atoms. The fourth-order valence-corrected chi connectivity index (χ4v) is 3.71. The van der Waals surface area contributed by atoms with Crippen molar-refractivity contribution in [1.82, 2.24) is 29.8 Å². The van der Waals surface area contributed by atoms with Crippen LogP contribution in [0, 0.1) is 13.8 Å². The van der Waals surface area contributed by atoms with E-state index in [2.05, 4.69) is 25.8 Å². The predicted molar refractivity (Wildman–Crippen MR) is 113 cm³/mol. The summed E-state index contributed by atoms with van der Waals surface area (Å²) in [5.74, 6) is 0.930. The maximum Gasteiger partial charge on any atom is 0.234 e. The number of aryl methyl sites for hydroxylation is 1. The largest absolute Gasteiger partial charge is 0.325 e. The van der Waals surface area contributed by atoms with Gasteiger partial charge in [0.05, 0.1) is 11.3 Å². The van der Waals surface area contributed by atoms with Crippen LogP contribution >= 0.6 is 11.8 Å². The number of anilines is 1. The molecule has 0 aliphatic rings. The molecule has 2 aromatic heterocycles. The lowest BCUT2D eigenvalue weighted by atomic mass is 10.1. The van der Waals surface area contributed by atoms with E-state index in [1.54, 1.807) is 4.68 Å². The Morgan fingerprint density at radius 1 is 1.07 bits per heavy atom. The molecule has 2 heterocycles. The summed E-state index contributed by atoms with van der Waals surface area (Å²) in [6, 6.07) is 13.7. The maximum absolute atomic E-state index is 12.4. The third-order valence-corrected chi connectivity index (χ3v) is 5.87. The topological polar surface area (TPSA) is 90.5 Å². The van der Waals surface area contributed by atoms with Crippen LogP contribution in [0.4, 0.5) is 5.69 Å². The summed E-state index contributed by atoms with van der Waals surface area (Å²) < 4.78 is 3.67. The summed E-state index contributed by atoms with van der Waals surface area (Å²) in [5, 5.41) is 20.5. The summed E-state index contributed by atoms with van der Waals surface area (Å²) >= 11 is 1.35. The number of aromatic nitrogens is 6. The van der Waals surface area contributed by atoms with Crippen molar-refractivity contribution in [2.24, 2.45) is 7.05 Å². The molecule has 2 aromatic carbocycles. The average Bonchev–Trinajstić information content (AvgIpc) is 3.28. The highest BCUT2D eigenvalue weighted by Gasteiger charge is 2.14. The van der Waals surface area contributed by atoms with Gasteiger partial charge in [-0.15, -0.1) is 15.3 Å². The number of benzene rings is 2. The number of nitrogens with one attached hydrogen (secondary N) is 1. The van der Waals surface area contributed by atoms with E-state index in [-0.39, 0.29) is 11.7 Å². The molecule has 0 aliphatic heterocycles. The van der Waals surface area contributed by atoms with Crippen LogP contribution in [-0.4, -0.2) is 41.4 Å². The second kappa shape index (κ2) is 8.04. The van der Waals surface area contributed by atoms with E-state index in [4.69, 9.17) is 0 Å². The van der Waals surface area contributed by atoms with Crippen molar-refractivity contribution in [3.8, 4) is 0 Å². The van der Waals surface area contributed by atoms with Crippen LogP contribution in [0.2, 0.25) is 0 Å². The van der Waals surface area contributed by atoms with Gasteiger partial charge in [0.2, 0.25) is 5.91 Å². The molecule has 4 aromatic rings. The molecule has 0 spiro atoms. The number of rotatable bonds is 6. The van der Waals surface area contributed by atoms with Crippen LogP contribution in [0.5, 0.6) is 0 Å². The van der Waals surface area contributed by atoms with E-state index < -0.39 is 0 Å². The normalized spacial score (nSPS) is 11.1. The summed E-state index contributed by atoms with van der Waals surface area (Å²) in [7, 11) is 1.89. The molecule has 1 N–H and O–H groups in total. The minimum atomic E-state index is -0.0736. The van der Waals surface area contributed by atoms with Crippen molar-refractivity contribution in [2.45, 2.75) is 25.5 Å².